The number of benzene rings is 1. The van der Waals surface area contributed by atoms with Crippen LogP contribution in [0.2, 0.25) is 10.2 Å². The Morgan fingerprint density at radius 1 is 1.14 bits per heavy atom. The first-order valence-electron chi connectivity index (χ1n) is 5.92. The van der Waals surface area contributed by atoms with E-state index in [9.17, 15) is 8.42 Å². The van der Waals surface area contributed by atoms with Gasteiger partial charge in [-0.15, -0.1) is 0 Å². The number of halogens is 2. The second-order valence-electron chi connectivity index (χ2n) is 4.43. The van der Waals surface area contributed by atoms with Crippen LogP contribution in [0.3, 0.4) is 0 Å². The number of sulfonamides is 1. The summed E-state index contributed by atoms with van der Waals surface area (Å²) in [6, 6.07) is 7.87. The third-order valence-corrected chi connectivity index (χ3v) is 4.81. The van der Waals surface area contributed by atoms with Gasteiger partial charge in [0.25, 0.3) is 10.0 Å². The molecule has 5 nitrogen and oxygen atoms in total. The lowest BCUT2D eigenvalue weighted by Crippen LogP contribution is -2.18. The second-order valence-corrected chi connectivity index (χ2v) is 6.84. The van der Waals surface area contributed by atoms with Crippen molar-refractivity contribution in [3.05, 3.63) is 46.7 Å². The number of hydrogen-bond donors (Lipinski definition) is 1. The second kappa shape index (κ2) is 6.09. The van der Waals surface area contributed by atoms with E-state index in [1.54, 1.807) is 37.2 Å². The predicted octanol–water partition coefficient (Wildman–Crippen LogP) is 3.26. The van der Waals surface area contributed by atoms with Crippen molar-refractivity contribution in [1.29, 1.82) is 0 Å². The molecule has 1 aromatic carbocycles. The van der Waals surface area contributed by atoms with Gasteiger partial charge in [0, 0.05) is 20.3 Å². The third-order valence-electron chi connectivity index (χ3n) is 2.69. The van der Waals surface area contributed by atoms with Gasteiger partial charge < -0.3 is 4.90 Å². The van der Waals surface area contributed by atoms with E-state index in [2.05, 4.69) is 9.71 Å². The number of anilines is 2. The Balaban J connectivity index is 2.48. The number of nitrogens with one attached hydrogen (secondary N) is 1. The third kappa shape index (κ3) is 3.40. The number of para-hydroxylation sites is 1. The van der Waals surface area contributed by atoms with Crippen molar-refractivity contribution in [3.8, 4) is 0 Å². The number of nitrogens with zero attached hydrogens (tertiary/aromatic N) is 2. The van der Waals surface area contributed by atoms with Crippen molar-refractivity contribution < 1.29 is 8.42 Å². The molecule has 0 saturated carbocycles. The number of pyridine rings is 1. The number of rotatable bonds is 4. The minimum atomic E-state index is -3.85. The molecule has 0 aliphatic carbocycles. The van der Waals surface area contributed by atoms with Gasteiger partial charge in [0.05, 0.1) is 16.4 Å². The summed E-state index contributed by atoms with van der Waals surface area (Å²) >= 11 is 12.0. The molecule has 0 amide bonds. The summed E-state index contributed by atoms with van der Waals surface area (Å²) in [6.45, 7) is 0. The van der Waals surface area contributed by atoms with E-state index in [1.165, 1.54) is 18.3 Å². The maximum Gasteiger partial charge on any atom is 0.265 e. The molecule has 1 N–H and O–H groups in total. The van der Waals surface area contributed by atoms with Crippen LogP contribution in [0, 0.1) is 0 Å². The minimum absolute atomic E-state index is 0.0848. The molecule has 0 spiro atoms. The average Bonchev–Trinajstić information content (AvgIpc) is 2.38. The van der Waals surface area contributed by atoms with Crippen molar-refractivity contribution >= 4 is 44.6 Å². The molecule has 2 aromatic rings. The van der Waals surface area contributed by atoms with Gasteiger partial charge in [0.1, 0.15) is 10.0 Å². The van der Waals surface area contributed by atoms with Crippen LogP contribution in [-0.2, 0) is 10.0 Å². The molecule has 112 valence electrons. The van der Waals surface area contributed by atoms with E-state index in [0.29, 0.717) is 16.4 Å². The molecule has 0 bridgehead atoms. The Hall–Kier alpha value is -1.50. The molecule has 0 aliphatic rings. The molecule has 0 fully saturated rings. The molecular formula is C13H13Cl2N3O2S. The Labute approximate surface area is 133 Å². The lowest BCUT2D eigenvalue weighted by atomic mass is 10.2. The van der Waals surface area contributed by atoms with Gasteiger partial charge in [-0.2, -0.15) is 0 Å². The van der Waals surface area contributed by atoms with Gasteiger partial charge in [0.15, 0.2) is 0 Å². The normalized spacial score (nSPS) is 11.2. The SMILES string of the molecule is CN(C)c1c(Cl)cccc1NS(=O)(=O)c1cccnc1Cl. The summed E-state index contributed by atoms with van der Waals surface area (Å²) in [5, 5.41) is 0.357. The van der Waals surface area contributed by atoms with Crippen LogP contribution < -0.4 is 9.62 Å². The van der Waals surface area contributed by atoms with Crippen molar-refractivity contribution in [2.24, 2.45) is 0 Å². The molecule has 0 saturated heterocycles. The molecule has 0 atom stereocenters. The molecule has 0 radical (unpaired) electrons. The summed E-state index contributed by atoms with van der Waals surface area (Å²) in [6.07, 6.45) is 1.42. The Bertz CT molecular complexity index is 764. The van der Waals surface area contributed by atoms with E-state index < -0.39 is 10.0 Å². The standard InChI is InChI=1S/C13H13Cl2N3O2S/c1-18(2)12-9(14)5-3-6-10(12)17-21(19,20)11-7-4-8-16-13(11)15/h3-8,17H,1-2H3. The minimum Gasteiger partial charge on any atom is -0.375 e. The highest BCUT2D eigenvalue weighted by Gasteiger charge is 2.21. The van der Waals surface area contributed by atoms with Crippen LogP contribution in [0.1, 0.15) is 0 Å². The van der Waals surface area contributed by atoms with E-state index in [0.717, 1.165) is 0 Å². The number of aromatic nitrogens is 1. The summed E-state index contributed by atoms with van der Waals surface area (Å²) in [4.78, 5) is 5.41. The molecular weight excluding hydrogens is 333 g/mol. The average molecular weight is 346 g/mol. The van der Waals surface area contributed by atoms with Crippen molar-refractivity contribution in [1.82, 2.24) is 4.98 Å². The summed E-state index contributed by atoms with van der Waals surface area (Å²) < 4.78 is 27.3. The predicted molar refractivity (Wildman–Crippen MR) is 85.8 cm³/mol. The summed E-state index contributed by atoms with van der Waals surface area (Å²) in [5.41, 5.74) is 0.940. The van der Waals surface area contributed by atoms with Crippen molar-refractivity contribution in [2.45, 2.75) is 4.90 Å². The van der Waals surface area contributed by atoms with E-state index in [4.69, 9.17) is 23.2 Å². The number of hydrogen-bond acceptors (Lipinski definition) is 4. The van der Waals surface area contributed by atoms with Gasteiger partial charge in [-0.05, 0) is 24.3 Å². The van der Waals surface area contributed by atoms with Gasteiger partial charge >= 0.3 is 0 Å². The zero-order valence-corrected chi connectivity index (χ0v) is 13.7. The first-order chi connectivity index (χ1) is 9.83. The van der Waals surface area contributed by atoms with E-state index in [-0.39, 0.29) is 10.0 Å². The van der Waals surface area contributed by atoms with Crippen molar-refractivity contribution in [2.75, 3.05) is 23.7 Å². The Morgan fingerprint density at radius 3 is 2.48 bits per heavy atom. The maximum atomic E-state index is 12.4. The quantitative estimate of drug-likeness (QED) is 0.864. The molecule has 1 heterocycles. The maximum absolute atomic E-state index is 12.4. The smallest absolute Gasteiger partial charge is 0.265 e. The van der Waals surface area contributed by atoms with Crippen LogP contribution in [0.5, 0.6) is 0 Å². The topological polar surface area (TPSA) is 62.3 Å². The lowest BCUT2D eigenvalue weighted by molar-refractivity contribution is 0.601. The molecule has 21 heavy (non-hydrogen) atoms. The molecule has 8 heteroatoms. The van der Waals surface area contributed by atoms with Crippen LogP contribution in [-0.4, -0.2) is 27.5 Å². The van der Waals surface area contributed by atoms with Gasteiger partial charge in [-0.25, -0.2) is 13.4 Å². The highest BCUT2D eigenvalue weighted by atomic mass is 35.5. The van der Waals surface area contributed by atoms with Crippen LogP contribution in [0.15, 0.2) is 41.4 Å². The highest BCUT2D eigenvalue weighted by molar-refractivity contribution is 7.92. The molecule has 0 aliphatic heterocycles. The largest absolute Gasteiger partial charge is 0.375 e. The first-order valence-corrected chi connectivity index (χ1v) is 8.16. The fourth-order valence-corrected chi connectivity index (χ4v) is 3.69. The van der Waals surface area contributed by atoms with Crippen LogP contribution in [0.25, 0.3) is 0 Å². The summed E-state index contributed by atoms with van der Waals surface area (Å²) in [5.74, 6) is 0. The van der Waals surface area contributed by atoms with E-state index >= 15 is 0 Å². The van der Waals surface area contributed by atoms with Gasteiger partial charge in [-0.1, -0.05) is 29.3 Å². The monoisotopic (exact) mass is 345 g/mol. The fourth-order valence-electron chi connectivity index (χ4n) is 1.82. The van der Waals surface area contributed by atoms with Crippen molar-refractivity contribution in [3.63, 3.8) is 0 Å². The fraction of sp³-hybridized carbons (Fsp3) is 0.154. The van der Waals surface area contributed by atoms with Crippen LogP contribution >= 0.6 is 23.2 Å². The Kier molecular flexibility index (Phi) is 4.61. The highest BCUT2D eigenvalue weighted by Crippen LogP contribution is 2.34. The first kappa shape index (κ1) is 15.9. The zero-order chi connectivity index (χ0) is 15.6. The summed E-state index contributed by atoms with van der Waals surface area (Å²) in [7, 11) is -0.299. The lowest BCUT2D eigenvalue weighted by Gasteiger charge is -2.20. The van der Waals surface area contributed by atoms with Gasteiger partial charge in [-0.3, -0.25) is 4.72 Å². The molecule has 0 unspecified atom stereocenters. The zero-order valence-electron chi connectivity index (χ0n) is 11.3. The molecule has 1 aromatic heterocycles. The van der Waals surface area contributed by atoms with Gasteiger partial charge in [0.2, 0.25) is 0 Å². The van der Waals surface area contributed by atoms with Crippen LogP contribution in [0.4, 0.5) is 11.4 Å². The van der Waals surface area contributed by atoms with E-state index in [1.807, 2.05) is 0 Å². The Morgan fingerprint density at radius 2 is 1.86 bits per heavy atom. The molecule has 2 rings (SSSR count).